The summed E-state index contributed by atoms with van der Waals surface area (Å²) in [7, 11) is 0. The van der Waals surface area contributed by atoms with Crippen LogP contribution < -0.4 is 4.74 Å². The van der Waals surface area contributed by atoms with Crippen LogP contribution in [0.3, 0.4) is 0 Å². The Kier molecular flexibility index (Phi) is 13.7. The lowest BCUT2D eigenvalue weighted by Crippen LogP contribution is -2.30. The number of hydrogen-bond donors (Lipinski definition) is 0. The van der Waals surface area contributed by atoms with Crippen molar-refractivity contribution in [3.63, 3.8) is 0 Å². The Balaban J connectivity index is 1.12. The van der Waals surface area contributed by atoms with Gasteiger partial charge in [-0.15, -0.1) is 0 Å². The molecular formula is C37H56N2O2. The topological polar surface area (TPSA) is 52.1 Å². The first-order valence-corrected chi connectivity index (χ1v) is 17.3. The van der Waals surface area contributed by atoms with Gasteiger partial charge in [0.05, 0.1) is 5.92 Å². The summed E-state index contributed by atoms with van der Waals surface area (Å²) in [4.78, 5) is 22.1. The molecule has 2 aliphatic carbocycles. The first kappa shape index (κ1) is 31.7. The van der Waals surface area contributed by atoms with E-state index >= 15 is 0 Å². The molecule has 4 heteroatoms. The van der Waals surface area contributed by atoms with Gasteiger partial charge in [-0.25, -0.2) is 9.97 Å². The van der Waals surface area contributed by atoms with Crippen LogP contribution in [0.15, 0.2) is 36.7 Å². The average Bonchev–Trinajstić information content (AvgIpc) is 3.03. The number of benzene rings is 1. The zero-order valence-corrected chi connectivity index (χ0v) is 26.1. The summed E-state index contributed by atoms with van der Waals surface area (Å²) in [5.41, 5.74) is 2.16. The molecule has 0 unspecified atom stereocenters. The number of aromatic nitrogens is 2. The van der Waals surface area contributed by atoms with Crippen molar-refractivity contribution in [3.8, 4) is 17.1 Å². The smallest absolute Gasteiger partial charge is 0.314 e. The van der Waals surface area contributed by atoms with Gasteiger partial charge in [0, 0.05) is 18.0 Å². The second kappa shape index (κ2) is 17.7. The number of esters is 1. The minimum absolute atomic E-state index is 0.0457. The van der Waals surface area contributed by atoms with E-state index in [1.54, 1.807) is 0 Å². The van der Waals surface area contributed by atoms with Crippen LogP contribution in [0, 0.1) is 23.7 Å². The van der Waals surface area contributed by atoms with Gasteiger partial charge in [0.15, 0.2) is 5.82 Å². The highest BCUT2D eigenvalue weighted by Gasteiger charge is 2.33. The molecule has 0 amide bonds. The summed E-state index contributed by atoms with van der Waals surface area (Å²) < 4.78 is 5.79. The highest BCUT2D eigenvalue weighted by Crippen LogP contribution is 2.42. The molecule has 0 bridgehead atoms. The summed E-state index contributed by atoms with van der Waals surface area (Å²) >= 11 is 0. The average molecular weight is 561 g/mol. The van der Waals surface area contributed by atoms with Crippen LogP contribution in [0.5, 0.6) is 5.75 Å². The molecule has 41 heavy (non-hydrogen) atoms. The molecule has 4 nitrogen and oxygen atoms in total. The number of carbonyl (C=O) groups is 1. The standard InChI is InChI=1S/C37H56N2O2/c1-3-5-6-7-8-9-10-11-12-13-14-30-27-38-36(39-28-30)33-23-25-35(26-24-33)41-37(40)34-21-19-32(20-22-34)31-17-15-29(4-2)16-18-31/h23-29,31-32,34H,3-22H2,1-2H3/t29-,31-,32-,34-. The van der Waals surface area contributed by atoms with Crippen LogP contribution in [0.25, 0.3) is 11.4 Å². The fourth-order valence-corrected chi connectivity index (χ4v) is 7.22. The lowest BCUT2D eigenvalue weighted by molar-refractivity contribution is -0.140. The Bertz CT molecular complexity index is 987. The summed E-state index contributed by atoms with van der Waals surface area (Å²) in [6.07, 6.45) is 29.8. The van der Waals surface area contributed by atoms with Crippen molar-refractivity contribution < 1.29 is 9.53 Å². The first-order valence-electron chi connectivity index (χ1n) is 17.3. The molecule has 1 heterocycles. The SMILES string of the molecule is CCCCCCCCCCCCc1cnc(-c2ccc(OC(=O)[C@H]3CC[C@H]([C@H]4CC[C@H](CC)CC4)CC3)cc2)nc1. The monoisotopic (exact) mass is 560 g/mol. The minimum atomic E-state index is -0.0570. The molecule has 0 spiro atoms. The maximum Gasteiger partial charge on any atom is 0.314 e. The summed E-state index contributed by atoms with van der Waals surface area (Å²) in [6.45, 7) is 4.61. The van der Waals surface area contributed by atoms with Crippen molar-refractivity contribution >= 4 is 5.97 Å². The highest BCUT2D eigenvalue weighted by molar-refractivity contribution is 5.75. The molecule has 0 aliphatic heterocycles. The first-order chi connectivity index (χ1) is 20.2. The maximum atomic E-state index is 12.9. The third kappa shape index (κ3) is 10.5. The Morgan fingerprint density at radius 1 is 0.707 bits per heavy atom. The van der Waals surface area contributed by atoms with E-state index in [1.165, 1.54) is 115 Å². The Labute approximate surface area is 250 Å². The maximum absolute atomic E-state index is 12.9. The fourth-order valence-electron chi connectivity index (χ4n) is 7.22. The van der Waals surface area contributed by atoms with Crippen molar-refractivity contribution in [2.45, 2.75) is 142 Å². The second-order valence-electron chi connectivity index (χ2n) is 13.1. The molecule has 0 atom stereocenters. The van der Waals surface area contributed by atoms with Gasteiger partial charge in [-0.3, -0.25) is 4.79 Å². The molecule has 0 N–H and O–H groups in total. The summed E-state index contributed by atoms with van der Waals surface area (Å²) in [5.74, 6) is 3.99. The third-order valence-corrected chi connectivity index (χ3v) is 10.1. The van der Waals surface area contributed by atoms with Gasteiger partial charge in [0.1, 0.15) is 5.75 Å². The number of carbonyl (C=O) groups excluding carboxylic acids is 1. The van der Waals surface area contributed by atoms with E-state index < -0.39 is 0 Å². The minimum Gasteiger partial charge on any atom is -0.426 e. The van der Waals surface area contributed by atoms with E-state index in [1.807, 2.05) is 36.7 Å². The Morgan fingerprint density at radius 2 is 1.24 bits per heavy atom. The molecule has 2 saturated carbocycles. The summed E-state index contributed by atoms with van der Waals surface area (Å²) in [5, 5.41) is 0. The predicted molar refractivity (Wildman–Crippen MR) is 170 cm³/mol. The van der Waals surface area contributed by atoms with Gasteiger partial charge in [0.2, 0.25) is 0 Å². The zero-order chi connectivity index (χ0) is 28.7. The number of aryl methyl sites for hydroxylation is 1. The van der Waals surface area contributed by atoms with Crippen molar-refractivity contribution in [2.24, 2.45) is 23.7 Å². The van der Waals surface area contributed by atoms with Gasteiger partial charge in [0.25, 0.3) is 0 Å². The van der Waals surface area contributed by atoms with Crippen molar-refractivity contribution in [3.05, 3.63) is 42.2 Å². The highest BCUT2D eigenvalue weighted by atomic mass is 16.5. The van der Waals surface area contributed by atoms with Crippen molar-refractivity contribution in [1.82, 2.24) is 9.97 Å². The number of unbranched alkanes of at least 4 members (excludes halogenated alkanes) is 9. The van der Waals surface area contributed by atoms with Crippen LogP contribution in [0.2, 0.25) is 0 Å². The molecule has 226 valence electrons. The Morgan fingerprint density at radius 3 is 1.80 bits per heavy atom. The third-order valence-electron chi connectivity index (χ3n) is 10.1. The zero-order valence-electron chi connectivity index (χ0n) is 26.1. The van der Waals surface area contributed by atoms with E-state index in [-0.39, 0.29) is 11.9 Å². The van der Waals surface area contributed by atoms with Crippen molar-refractivity contribution in [1.29, 1.82) is 0 Å². The van der Waals surface area contributed by atoms with Crippen LogP contribution >= 0.6 is 0 Å². The van der Waals surface area contributed by atoms with Gasteiger partial charge in [-0.1, -0.05) is 90.9 Å². The molecular weight excluding hydrogens is 504 g/mol. The van der Waals surface area contributed by atoms with E-state index in [0.29, 0.717) is 5.75 Å². The van der Waals surface area contributed by atoms with Crippen molar-refractivity contribution in [2.75, 3.05) is 0 Å². The molecule has 0 radical (unpaired) electrons. The summed E-state index contributed by atoms with van der Waals surface area (Å²) in [6, 6.07) is 7.69. The van der Waals surface area contributed by atoms with Crippen LogP contribution in [0.1, 0.15) is 141 Å². The van der Waals surface area contributed by atoms with E-state index in [0.717, 1.165) is 48.4 Å². The van der Waals surface area contributed by atoms with E-state index in [2.05, 4.69) is 23.8 Å². The molecule has 2 aliphatic rings. The fraction of sp³-hybridized carbons (Fsp3) is 0.703. The number of ether oxygens (including phenoxy) is 1. The lowest BCUT2D eigenvalue weighted by Gasteiger charge is -2.37. The Hall–Kier alpha value is -2.23. The number of hydrogen-bond acceptors (Lipinski definition) is 4. The predicted octanol–water partition coefficient (Wildman–Crippen LogP) is 10.5. The van der Waals surface area contributed by atoms with Crippen LogP contribution in [0.4, 0.5) is 0 Å². The molecule has 0 saturated heterocycles. The van der Waals surface area contributed by atoms with Gasteiger partial charge < -0.3 is 4.74 Å². The largest absolute Gasteiger partial charge is 0.426 e. The quantitative estimate of drug-likeness (QED) is 0.116. The van der Waals surface area contributed by atoms with Crippen LogP contribution in [-0.2, 0) is 11.2 Å². The van der Waals surface area contributed by atoms with Gasteiger partial charge >= 0.3 is 5.97 Å². The number of rotatable bonds is 16. The molecule has 1 aromatic carbocycles. The number of nitrogens with zero attached hydrogens (tertiary/aromatic N) is 2. The molecule has 4 rings (SSSR count). The second-order valence-corrected chi connectivity index (χ2v) is 13.1. The normalized spacial score (nSPS) is 22.9. The van der Waals surface area contributed by atoms with E-state index in [9.17, 15) is 4.79 Å². The van der Waals surface area contributed by atoms with Crippen LogP contribution in [-0.4, -0.2) is 15.9 Å². The lowest BCUT2D eigenvalue weighted by atomic mass is 9.69. The van der Waals surface area contributed by atoms with E-state index in [4.69, 9.17) is 4.74 Å². The molecule has 2 fully saturated rings. The van der Waals surface area contributed by atoms with Gasteiger partial charge in [-0.05, 0) is 98.9 Å². The van der Waals surface area contributed by atoms with Gasteiger partial charge in [-0.2, -0.15) is 0 Å². The molecule has 1 aromatic heterocycles. The molecule has 2 aromatic rings.